The third kappa shape index (κ3) is 6.27. The number of carbonyl (C=O) groups excluding carboxylic acids is 3. The zero-order valence-corrected chi connectivity index (χ0v) is 14.3. The Morgan fingerprint density at radius 1 is 0.923 bits per heavy atom. The fourth-order valence-corrected chi connectivity index (χ4v) is 1.96. The third-order valence-electron chi connectivity index (χ3n) is 3.33. The summed E-state index contributed by atoms with van der Waals surface area (Å²) in [6, 6.07) is 17.5. The van der Waals surface area contributed by atoms with Crippen molar-refractivity contribution in [2.24, 2.45) is 0 Å². The monoisotopic (exact) mass is 356 g/mol. The molecule has 0 spiro atoms. The molecule has 0 unspecified atom stereocenters. The number of hydrazine groups is 1. The second-order valence-corrected chi connectivity index (χ2v) is 5.35. The van der Waals surface area contributed by atoms with Crippen LogP contribution in [-0.2, 0) is 14.3 Å². The lowest BCUT2D eigenvalue weighted by molar-refractivity contribution is -0.155. The first-order chi connectivity index (χ1) is 12.6. The van der Waals surface area contributed by atoms with E-state index >= 15 is 0 Å². The van der Waals surface area contributed by atoms with Gasteiger partial charge in [-0.1, -0.05) is 36.4 Å². The smallest absolute Gasteiger partial charge is 0.310 e. The van der Waals surface area contributed by atoms with E-state index in [1.807, 2.05) is 18.2 Å². The van der Waals surface area contributed by atoms with Crippen LogP contribution in [0.2, 0.25) is 0 Å². The zero-order chi connectivity index (χ0) is 18.8. The predicted octanol–water partition coefficient (Wildman–Crippen LogP) is 1.85. The van der Waals surface area contributed by atoms with Crippen molar-refractivity contribution < 1.29 is 23.9 Å². The topological polar surface area (TPSA) is 93.7 Å². The van der Waals surface area contributed by atoms with E-state index in [-0.39, 0.29) is 13.0 Å². The first kappa shape index (κ1) is 19.0. The van der Waals surface area contributed by atoms with Gasteiger partial charge in [-0.2, -0.15) is 0 Å². The maximum atomic E-state index is 11.9. The molecular weight excluding hydrogens is 336 g/mol. The molecule has 0 aliphatic carbocycles. The number of rotatable bonds is 7. The SMILES string of the molecule is C[C@H](OC(=O)CCOc1ccccc1)C(=O)NNC(=O)c1ccccc1. The van der Waals surface area contributed by atoms with Crippen molar-refractivity contribution in [3.63, 3.8) is 0 Å². The van der Waals surface area contributed by atoms with Crippen molar-refractivity contribution in [1.29, 1.82) is 0 Å². The number of amides is 2. The molecule has 0 aliphatic heterocycles. The highest BCUT2D eigenvalue weighted by Crippen LogP contribution is 2.08. The molecule has 0 saturated carbocycles. The fraction of sp³-hybridized carbons (Fsp3) is 0.211. The second-order valence-electron chi connectivity index (χ2n) is 5.35. The molecule has 7 nitrogen and oxygen atoms in total. The Hall–Kier alpha value is -3.35. The van der Waals surface area contributed by atoms with Crippen LogP contribution >= 0.6 is 0 Å². The van der Waals surface area contributed by atoms with Gasteiger partial charge < -0.3 is 9.47 Å². The van der Waals surface area contributed by atoms with E-state index in [1.54, 1.807) is 42.5 Å². The van der Waals surface area contributed by atoms with Crippen LogP contribution in [0.4, 0.5) is 0 Å². The Bertz CT molecular complexity index is 734. The average Bonchev–Trinajstić information content (AvgIpc) is 2.67. The van der Waals surface area contributed by atoms with Crippen LogP contribution in [0.1, 0.15) is 23.7 Å². The Balaban J connectivity index is 1.67. The minimum Gasteiger partial charge on any atom is -0.493 e. The van der Waals surface area contributed by atoms with Crippen molar-refractivity contribution in [2.75, 3.05) is 6.61 Å². The van der Waals surface area contributed by atoms with Crippen LogP contribution in [0.5, 0.6) is 5.75 Å². The Morgan fingerprint density at radius 2 is 1.54 bits per heavy atom. The van der Waals surface area contributed by atoms with Crippen molar-refractivity contribution in [3.05, 3.63) is 66.2 Å². The van der Waals surface area contributed by atoms with Gasteiger partial charge in [0, 0.05) is 5.56 Å². The van der Waals surface area contributed by atoms with Crippen LogP contribution in [0.25, 0.3) is 0 Å². The first-order valence-electron chi connectivity index (χ1n) is 8.09. The van der Waals surface area contributed by atoms with E-state index in [1.165, 1.54) is 6.92 Å². The maximum Gasteiger partial charge on any atom is 0.310 e. The normalized spacial score (nSPS) is 11.1. The van der Waals surface area contributed by atoms with E-state index in [0.717, 1.165) is 0 Å². The van der Waals surface area contributed by atoms with Crippen LogP contribution in [0.3, 0.4) is 0 Å². The summed E-state index contributed by atoms with van der Waals surface area (Å²) in [7, 11) is 0. The van der Waals surface area contributed by atoms with Crippen LogP contribution < -0.4 is 15.6 Å². The molecule has 7 heteroatoms. The molecule has 0 saturated heterocycles. The van der Waals surface area contributed by atoms with E-state index in [0.29, 0.717) is 11.3 Å². The van der Waals surface area contributed by atoms with Crippen LogP contribution in [-0.4, -0.2) is 30.5 Å². The molecule has 2 amide bonds. The Kier molecular flexibility index (Phi) is 7.17. The standard InChI is InChI=1S/C19H20N2O5/c1-14(18(23)20-21-19(24)15-8-4-2-5-9-15)26-17(22)12-13-25-16-10-6-3-7-11-16/h2-11,14H,12-13H2,1H3,(H,20,23)(H,21,24)/t14-/m0/s1. The highest BCUT2D eigenvalue weighted by molar-refractivity contribution is 5.95. The largest absolute Gasteiger partial charge is 0.493 e. The summed E-state index contributed by atoms with van der Waals surface area (Å²) in [5.41, 5.74) is 4.88. The second kappa shape index (κ2) is 9.83. The summed E-state index contributed by atoms with van der Waals surface area (Å²) in [6.07, 6.45) is -1.04. The zero-order valence-electron chi connectivity index (χ0n) is 14.3. The molecule has 2 aromatic carbocycles. The number of nitrogens with one attached hydrogen (secondary N) is 2. The van der Waals surface area contributed by atoms with Gasteiger partial charge in [0.05, 0.1) is 13.0 Å². The van der Waals surface area contributed by atoms with Crippen LogP contribution in [0.15, 0.2) is 60.7 Å². The molecule has 136 valence electrons. The summed E-state index contributed by atoms with van der Waals surface area (Å²) >= 11 is 0. The summed E-state index contributed by atoms with van der Waals surface area (Å²) in [4.78, 5) is 35.4. The van der Waals surface area contributed by atoms with Crippen molar-refractivity contribution in [2.45, 2.75) is 19.4 Å². The molecule has 2 N–H and O–H groups in total. The lowest BCUT2D eigenvalue weighted by atomic mass is 10.2. The summed E-state index contributed by atoms with van der Waals surface area (Å²) < 4.78 is 10.4. The Morgan fingerprint density at radius 3 is 2.19 bits per heavy atom. The lowest BCUT2D eigenvalue weighted by Crippen LogP contribution is -2.46. The molecule has 0 heterocycles. The molecule has 2 aromatic rings. The van der Waals surface area contributed by atoms with Crippen LogP contribution in [0, 0.1) is 0 Å². The van der Waals surface area contributed by atoms with Gasteiger partial charge in [0.15, 0.2) is 6.10 Å². The highest BCUT2D eigenvalue weighted by atomic mass is 16.6. The third-order valence-corrected chi connectivity index (χ3v) is 3.33. The lowest BCUT2D eigenvalue weighted by Gasteiger charge is -2.14. The van der Waals surface area contributed by atoms with E-state index in [4.69, 9.17) is 9.47 Å². The number of hydrogen-bond acceptors (Lipinski definition) is 5. The van der Waals surface area contributed by atoms with Gasteiger partial charge >= 0.3 is 5.97 Å². The molecule has 0 radical (unpaired) electrons. The molecule has 0 bridgehead atoms. The number of para-hydroxylation sites is 1. The molecule has 26 heavy (non-hydrogen) atoms. The Labute approximate surface area is 151 Å². The minimum atomic E-state index is -1.05. The van der Waals surface area contributed by atoms with Gasteiger partial charge in [-0.3, -0.25) is 25.2 Å². The number of ether oxygens (including phenoxy) is 2. The quantitative estimate of drug-likeness (QED) is 0.583. The molecule has 0 aliphatic rings. The van der Waals surface area contributed by atoms with Gasteiger partial charge in [0.1, 0.15) is 5.75 Å². The van der Waals surface area contributed by atoms with Crippen molar-refractivity contribution in [3.8, 4) is 5.75 Å². The summed E-state index contributed by atoms with van der Waals surface area (Å²) in [5, 5.41) is 0. The number of carbonyl (C=O) groups is 3. The summed E-state index contributed by atoms with van der Waals surface area (Å²) in [6.45, 7) is 1.56. The fourth-order valence-electron chi connectivity index (χ4n) is 1.96. The number of esters is 1. The molecule has 1 atom stereocenters. The van der Waals surface area contributed by atoms with E-state index < -0.39 is 23.9 Å². The summed E-state index contributed by atoms with van der Waals surface area (Å²) in [5.74, 6) is -1.02. The number of benzene rings is 2. The van der Waals surface area contributed by atoms with Gasteiger partial charge in [-0.15, -0.1) is 0 Å². The maximum absolute atomic E-state index is 11.9. The minimum absolute atomic E-state index is 0.00287. The first-order valence-corrected chi connectivity index (χ1v) is 8.09. The highest BCUT2D eigenvalue weighted by Gasteiger charge is 2.18. The molecular formula is C19H20N2O5. The van der Waals surface area contributed by atoms with Crippen molar-refractivity contribution >= 4 is 17.8 Å². The predicted molar refractivity (Wildman–Crippen MR) is 94.2 cm³/mol. The van der Waals surface area contributed by atoms with Gasteiger partial charge in [0.2, 0.25) is 0 Å². The van der Waals surface area contributed by atoms with E-state index in [2.05, 4.69) is 10.9 Å². The van der Waals surface area contributed by atoms with Gasteiger partial charge in [-0.05, 0) is 31.2 Å². The average molecular weight is 356 g/mol. The molecule has 0 fully saturated rings. The van der Waals surface area contributed by atoms with E-state index in [9.17, 15) is 14.4 Å². The molecule has 2 rings (SSSR count). The molecule has 0 aromatic heterocycles. The van der Waals surface area contributed by atoms with Crippen molar-refractivity contribution in [1.82, 2.24) is 10.9 Å². The number of hydrogen-bond donors (Lipinski definition) is 2. The van der Waals surface area contributed by atoms with Gasteiger partial charge in [0.25, 0.3) is 11.8 Å². The van der Waals surface area contributed by atoms with Gasteiger partial charge in [-0.25, -0.2) is 0 Å².